The highest BCUT2D eigenvalue weighted by atomic mass is 19.1. The maximum absolute atomic E-state index is 13.0. The van der Waals surface area contributed by atoms with Gasteiger partial charge in [-0.3, -0.25) is 0 Å². The molecule has 0 saturated carbocycles. The monoisotopic (exact) mass is 251 g/mol. The number of hydrogen-bond donors (Lipinski definition) is 1. The van der Waals surface area contributed by atoms with E-state index in [-0.39, 0.29) is 11.2 Å². The predicted molar refractivity (Wildman–Crippen MR) is 76.4 cm³/mol. The molecule has 18 heavy (non-hydrogen) atoms. The molecule has 0 radical (unpaired) electrons. The number of rotatable bonds is 7. The van der Waals surface area contributed by atoms with Gasteiger partial charge in [-0.05, 0) is 31.2 Å². The summed E-state index contributed by atoms with van der Waals surface area (Å²) in [6.07, 6.45) is 4.92. The molecule has 1 aromatic rings. The first-order valence-electron chi connectivity index (χ1n) is 6.95. The molecule has 0 spiro atoms. The van der Waals surface area contributed by atoms with E-state index >= 15 is 0 Å². The summed E-state index contributed by atoms with van der Waals surface area (Å²) in [6, 6.07) is 7.33. The Balaban J connectivity index is 2.77. The van der Waals surface area contributed by atoms with Crippen LogP contribution in [0.25, 0.3) is 0 Å². The van der Waals surface area contributed by atoms with Crippen LogP contribution < -0.4 is 5.32 Å². The minimum absolute atomic E-state index is 0.0240. The van der Waals surface area contributed by atoms with Gasteiger partial charge in [-0.2, -0.15) is 0 Å². The molecule has 0 aromatic heterocycles. The second-order valence-corrected chi connectivity index (χ2v) is 5.57. The Labute approximate surface area is 111 Å². The van der Waals surface area contributed by atoms with Crippen molar-refractivity contribution in [1.29, 1.82) is 0 Å². The van der Waals surface area contributed by atoms with Crippen molar-refractivity contribution in [3.63, 3.8) is 0 Å². The van der Waals surface area contributed by atoms with Crippen LogP contribution in [0, 0.1) is 5.82 Å². The molecule has 0 amide bonds. The quantitative estimate of drug-likeness (QED) is 0.714. The van der Waals surface area contributed by atoms with E-state index in [1.54, 1.807) is 12.1 Å². The number of nitrogens with one attached hydrogen (secondary N) is 1. The van der Waals surface area contributed by atoms with Crippen molar-refractivity contribution < 1.29 is 4.39 Å². The van der Waals surface area contributed by atoms with E-state index in [0.717, 1.165) is 6.42 Å². The highest BCUT2D eigenvalue weighted by Gasteiger charge is 2.29. The number of unbranched alkanes of at least 4 members (excludes halogenated alkanes) is 2. The van der Waals surface area contributed by atoms with E-state index in [1.807, 2.05) is 19.2 Å². The Kier molecular flexibility index (Phi) is 5.80. The average molecular weight is 251 g/mol. The highest BCUT2D eigenvalue weighted by molar-refractivity contribution is 5.26. The molecule has 0 aliphatic heterocycles. The fourth-order valence-electron chi connectivity index (χ4n) is 2.55. The van der Waals surface area contributed by atoms with Gasteiger partial charge in [0.25, 0.3) is 0 Å². The van der Waals surface area contributed by atoms with Crippen LogP contribution in [0.5, 0.6) is 0 Å². The fourth-order valence-corrected chi connectivity index (χ4v) is 2.55. The smallest absolute Gasteiger partial charge is 0.123 e. The molecule has 102 valence electrons. The molecule has 0 aliphatic rings. The molecule has 1 rings (SSSR count). The van der Waals surface area contributed by atoms with Gasteiger partial charge in [-0.25, -0.2) is 4.39 Å². The summed E-state index contributed by atoms with van der Waals surface area (Å²) in [5, 5.41) is 3.42. The minimum Gasteiger partial charge on any atom is -0.316 e. The molecule has 1 atom stereocenters. The highest BCUT2D eigenvalue weighted by Crippen LogP contribution is 2.29. The summed E-state index contributed by atoms with van der Waals surface area (Å²) >= 11 is 0. The third-order valence-corrected chi connectivity index (χ3v) is 3.90. The molecule has 0 heterocycles. The van der Waals surface area contributed by atoms with Gasteiger partial charge in [0.15, 0.2) is 0 Å². The van der Waals surface area contributed by atoms with E-state index in [2.05, 4.69) is 26.1 Å². The Bertz CT molecular complexity index is 343. The van der Waals surface area contributed by atoms with Crippen LogP contribution in [0.4, 0.5) is 4.39 Å². The van der Waals surface area contributed by atoms with Gasteiger partial charge >= 0.3 is 0 Å². The van der Waals surface area contributed by atoms with Crippen molar-refractivity contribution in [2.24, 2.45) is 0 Å². The Morgan fingerprint density at radius 1 is 1.17 bits per heavy atom. The molecule has 0 bridgehead atoms. The Morgan fingerprint density at radius 2 is 1.78 bits per heavy atom. The lowest BCUT2D eigenvalue weighted by Crippen LogP contribution is -2.43. The topological polar surface area (TPSA) is 12.0 Å². The van der Waals surface area contributed by atoms with Gasteiger partial charge in [0.1, 0.15) is 5.82 Å². The summed E-state index contributed by atoms with van der Waals surface area (Å²) in [7, 11) is 2.02. The summed E-state index contributed by atoms with van der Waals surface area (Å²) in [4.78, 5) is 0. The predicted octanol–water partition coefficient (Wildman–Crippen LogP) is 4.27. The second kappa shape index (κ2) is 6.89. The summed E-state index contributed by atoms with van der Waals surface area (Å²) in [6.45, 7) is 6.68. The maximum Gasteiger partial charge on any atom is 0.123 e. The largest absolute Gasteiger partial charge is 0.316 e. The van der Waals surface area contributed by atoms with Gasteiger partial charge in [-0.15, -0.1) is 0 Å². The molecule has 1 N–H and O–H groups in total. The third-order valence-electron chi connectivity index (χ3n) is 3.90. The molecular formula is C16H26FN. The number of halogens is 1. The summed E-state index contributed by atoms with van der Waals surface area (Å²) in [5.41, 5.74) is 1.22. The summed E-state index contributed by atoms with van der Waals surface area (Å²) < 4.78 is 13.0. The van der Waals surface area contributed by atoms with Crippen LogP contribution in [0.1, 0.15) is 52.0 Å². The zero-order valence-electron chi connectivity index (χ0n) is 12.1. The van der Waals surface area contributed by atoms with Crippen LogP contribution >= 0.6 is 0 Å². The Morgan fingerprint density at radius 3 is 2.28 bits per heavy atom. The first kappa shape index (κ1) is 15.2. The van der Waals surface area contributed by atoms with Gasteiger partial charge in [-0.1, -0.05) is 52.2 Å². The maximum atomic E-state index is 13.0. The van der Waals surface area contributed by atoms with Crippen molar-refractivity contribution in [2.45, 2.75) is 57.9 Å². The molecule has 1 nitrogen and oxygen atoms in total. The first-order valence-corrected chi connectivity index (χ1v) is 6.95. The minimum atomic E-state index is -0.165. The second-order valence-electron chi connectivity index (χ2n) is 5.57. The number of likely N-dealkylation sites (N-methyl/N-ethyl adjacent to an activating group) is 1. The average Bonchev–Trinajstić information content (AvgIpc) is 2.35. The number of benzene rings is 1. The van der Waals surface area contributed by atoms with Gasteiger partial charge in [0.05, 0.1) is 0 Å². The third kappa shape index (κ3) is 3.81. The molecule has 1 aromatic carbocycles. The van der Waals surface area contributed by atoms with Gasteiger partial charge in [0, 0.05) is 11.5 Å². The molecular weight excluding hydrogens is 225 g/mol. The van der Waals surface area contributed by atoms with Crippen LogP contribution in [0.3, 0.4) is 0 Å². The van der Waals surface area contributed by atoms with Gasteiger partial charge in [0.2, 0.25) is 0 Å². The van der Waals surface area contributed by atoms with E-state index in [4.69, 9.17) is 0 Å². The zero-order chi connectivity index (χ0) is 13.6. The lowest BCUT2D eigenvalue weighted by molar-refractivity contribution is 0.331. The van der Waals surface area contributed by atoms with Crippen LogP contribution in [-0.2, 0) is 5.41 Å². The van der Waals surface area contributed by atoms with Crippen LogP contribution in [0.2, 0.25) is 0 Å². The lowest BCUT2D eigenvalue weighted by atomic mass is 9.76. The van der Waals surface area contributed by atoms with Crippen molar-refractivity contribution in [3.8, 4) is 0 Å². The fraction of sp³-hybridized carbons (Fsp3) is 0.625. The van der Waals surface area contributed by atoms with Gasteiger partial charge < -0.3 is 5.32 Å². The molecule has 0 saturated heterocycles. The molecule has 1 unspecified atom stereocenters. The van der Waals surface area contributed by atoms with Crippen molar-refractivity contribution in [1.82, 2.24) is 5.32 Å². The zero-order valence-corrected chi connectivity index (χ0v) is 12.1. The molecule has 0 fully saturated rings. The first-order chi connectivity index (χ1) is 8.52. The van der Waals surface area contributed by atoms with Crippen molar-refractivity contribution >= 4 is 0 Å². The molecule has 0 aliphatic carbocycles. The van der Waals surface area contributed by atoms with Crippen LogP contribution in [-0.4, -0.2) is 13.1 Å². The van der Waals surface area contributed by atoms with Crippen LogP contribution in [0.15, 0.2) is 24.3 Å². The van der Waals surface area contributed by atoms with Crippen molar-refractivity contribution in [2.75, 3.05) is 7.05 Å². The SMILES string of the molecule is CCCCCC(NC)C(C)(C)c1ccc(F)cc1. The lowest BCUT2D eigenvalue weighted by Gasteiger charge is -2.35. The normalized spacial score (nSPS) is 13.6. The Hall–Kier alpha value is -0.890. The van der Waals surface area contributed by atoms with E-state index in [0.29, 0.717) is 6.04 Å². The molecule has 2 heteroatoms. The van der Waals surface area contributed by atoms with E-state index in [1.165, 1.54) is 24.8 Å². The number of hydrogen-bond acceptors (Lipinski definition) is 1. The van der Waals surface area contributed by atoms with E-state index in [9.17, 15) is 4.39 Å². The standard InChI is InChI=1S/C16H26FN/c1-5-6-7-8-15(18-4)16(2,3)13-9-11-14(17)12-10-13/h9-12,15,18H,5-8H2,1-4H3. The summed E-state index contributed by atoms with van der Waals surface area (Å²) in [5.74, 6) is -0.165. The van der Waals surface area contributed by atoms with Crippen molar-refractivity contribution in [3.05, 3.63) is 35.6 Å². The van der Waals surface area contributed by atoms with E-state index < -0.39 is 0 Å².